The summed E-state index contributed by atoms with van der Waals surface area (Å²) in [6, 6.07) is 4.90. The first-order valence-electron chi connectivity index (χ1n) is 8.94. The van der Waals surface area contributed by atoms with E-state index in [1.165, 1.54) is 13.2 Å². The van der Waals surface area contributed by atoms with Gasteiger partial charge < -0.3 is 14.8 Å². The minimum atomic E-state index is -0.322. The molecule has 1 fully saturated rings. The Balaban J connectivity index is 1.75. The van der Waals surface area contributed by atoms with Crippen LogP contribution in [0, 0.1) is 5.82 Å². The number of carbonyl (C=O) groups is 1. The fourth-order valence-electron chi connectivity index (χ4n) is 2.33. The van der Waals surface area contributed by atoms with E-state index in [-0.39, 0.29) is 18.3 Å². The number of aliphatic imine (C=N–C) groups is 1. The predicted octanol–water partition coefficient (Wildman–Crippen LogP) is 3.52. The summed E-state index contributed by atoms with van der Waals surface area (Å²) >= 11 is 0. The molecular weight excluding hydrogens is 335 g/mol. The van der Waals surface area contributed by atoms with E-state index in [9.17, 15) is 9.18 Å². The zero-order valence-corrected chi connectivity index (χ0v) is 15.5. The van der Waals surface area contributed by atoms with E-state index >= 15 is 0 Å². The molecule has 1 aromatic carbocycles. The first-order valence-corrected chi connectivity index (χ1v) is 8.94. The van der Waals surface area contributed by atoms with Gasteiger partial charge in [-0.1, -0.05) is 24.6 Å². The third-order valence-electron chi connectivity index (χ3n) is 4.07. The van der Waals surface area contributed by atoms with Crippen molar-refractivity contribution in [2.24, 2.45) is 4.99 Å². The van der Waals surface area contributed by atoms with Crippen molar-refractivity contribution in [3.05, 3.63) is 46.8 Å². The molecule has 1 amide bonds. The Labute approximate surface area is 154 Å². The van der Waals surface area contributed by atoms with Crippen LogP contribution in [0.2, 0.25) is 0 Å². The van der Waals surface area contributed by atoms with Crippen LogP contribution in [0.4, 0.5) is 4.39 Å². The summed E-state index contributed by atoms with van der Waals surface area (Å²) in [6.45, 7) is 2.90. The number of benzene rings is 1. The molecule has 6 heteroatoms. The van der Waals surface area contributed by atoms with E-state index in [1.807, 2.05) is 13.0 Å². The quantitative estimate of drug-likeness (QED) is 0.613. The zero-order valence-electron chi connectivity index (χ0n) is 15.5. The standard InChI is InChI=1S/C20H27FN2O3/c1-3-15(8-9-22-14-26-18-6-7-18)11-20(24)23-12-16-4-5-17(13-25-2)19(21)10-16/h4-5,8-10,18H,3,6-7,11-14H2,1-2H3,(H,23,24)/b15-8-,22-9-. The number of carbonyl (C=O) groups excluding carboxylic acids is 1. The monoisotopic (exact) mass is 362 g/mol. The van der Waals surface area contributed by atoms with Crippen LogP contribution in [0.1, 0.15) is 43.7 Å². The van der Waals surface area contributed by atoms with Crippen molar-refractivity contribution in [2.75, 3.05) is 13.8 Å². The van der Waals surface area contributed by atoms with Gasteiger partial charge in [0.15, 0.2) is 0 Å². The number of amides is 1. The lowest BCUT2D eigenvalue weighted by molar-refractivity contribution is -0.120. The molecule has 1 aromatic rings. The molecule has 0 aromatic heterocycles. The van der Waals surface area contributed by atoms with Gasteiger partial charge in [-0.25, -0.2) is 4.39 Å². The second-order valence-corrected chi connectivity index (χ2v) is 6.32. The zero-order chi connectivity index (χ0) is 18.8. The summed E-state index contributed by atoms with van der Waals surface area (Å²) in [5.41, 5.74) is 2.21. The summed E-state index contributed by atoms with van der Waals surface area (Å²) in [5.74, 6) is -0.417. The highest BCUT2D eigenvalue weighted by Gasteiger charge is 2.21. The first kappa shape index (κ1) is 20.3. The number of hydrogen-bond acceptors (Lipinski definition) is 4. The number of methoxy groups -OCH3 is 1. The van der Waals surface area contributed by atoms with Crippen LogP contribution >= 0.6 is 0 Å². The normalized spacial score (nSPS) is 14.8. The van der Waals surface area contributed by atoms with Crippen LogP contribution in [0.15, 0.2) is 34.8 Å². The van der Waals surface area contributed by atoms with Crippen molar-refractivity contribution >= 4 is 12.1 Å². The molecule has 0 radical (unpaired) electrons. The third kappa shape index (κ3) is 7.45. The Morgan fingerprint density at radius 2 is 2.23 bits per heavy atom. The molecule has 1 aliphatic rings. The van der Waals surface area contributed by atoms with Crippen molar-refractivity contribution < 1.29 is 18.7 Å². The summed E-state index contributed by atoms with van der Waals surface area (Å²) in [7, 11) is 1.53. The molecule has 0 aliphatic heterocycles. The predicted molar refractivity (Wildman–Crippen MR) is 99.4 cm³/mol. The molecule has 2 rings (SSSR count). The van der Waals surface area contributed by atoms with E-state index in [0.29, 0.717) is 31.4 Å². The maximum Gasteiger partial charge on any atom is 0.224 e. The van der Waals surface area contributed by atoms with Crippen LogP contribution in [0.3, 0.4) is 0 Å². The van der Waals surface area contributed by atoms with Gasteiger partial charge in [0.1, 0.15) is 12.5 Å². The fraction of sp³-hybridized carbons (Fsp3) is 0.500. The molecule has 0 atom stereocenters. The van der Waals surface area contributed by atoms with E-state index in [4.69, 9.17) is 9.47 Å². The van der Waals surface area contributed by atoms with Gasteiger partial charge in [0.25, 0.3) is 0 Å². The molecule has 26 heavy (non-hydrogen) atoms. The van der Waals surface area contributed by atoms with Gasteiger partial charge in [0.2, 0.25) is 5.91 Å². The van der Waals surface area contributed by atoms with Crippen LogP contribution in [0.25, 0.3) is 0 Å². The third-order valence-corrected chi connectivity index (χ3v) is 4.07. The molecule has 0 heterocycles. The molecule has 1 N–H and O–H groups in total. The van der Waals surface area contributed by atoms with Crippen molar-refractivity contribution in [3.63, 3.8) is 0 Å². The SMILES string of the molecule is CC/C(=C/C=N\COC1CC1)CC(=O)NCc1ccc(COC)c(F)c1. The topological polar surface area (TPSA) is 59.9 Å². The molecule has 0 saturated heterocycles. The van der Waals surface area contributed by atoms with Crippen LogP contribution in [-0.2, 0) is 27.4 Å². The first-order chi connectivity index (χ1) is 12.6. The van der Waals surface area contributed by atoms with Gasteiger partial charge in [0, 0.05) is 31.9 Å². The largest absolute Gasteiger partial charge is 0.380 e. The summed E-state index contributed by atoms with van der Waals surface area (Å²) in [4.78, 5) is 16.3. The van der Waals surface area contributed by atoms with Crippen LogP contribution < -0.4 is 5.32 Å². The molecule has 5 nitrogen and oxygen atoms in total. The second-order valence-electron chi connectivity index (χ2n) is 6.32. The highest BCUT2D eigenvalue weighted by atomic mass is 19.1. The number of nitrogens with one attached hydrogen (secondary N) is 1. The fourth-order valence-corrected chi connectivity index (χ4v) is 2.33. The molecule has 0 spiro atoms. The Kier molecular flexibility index (Phi) is 8.44. The number of rotatable bonds is 11. The number of allylic oxidation sites excluding steroid dienone is 1. The molecular formula is C20H27FN2O3. The smallest absolute Gasteiger partial charge is 0.224 e. The maximum atomic E-state index is 13.9. The molecule has 1 aliphatic carbocycles. The van der Waals surface area contributed by atoms with E-state index in [1.54, 1.807) is 18.3 Å². The van der Waals surface area contributed by atoms with Gasteiger partial charge in [-0.3, -0.25) is 9.79 Å². The van der Waals surface area contributed by atoms with Crippen molar-refractivity contribution in [3.8, 4) is 0 Å². The van der Waals surface area contributed by atoms with Gasteiger partial charge in [-0.05, 0) is 37.0 Å². The molecule has 142 valence electrons. The number of hydrogen-bond donors (Lipinski definition) is 1. The minimum Gasteiger partial charge on any atom is -0.380 e. The molecule has 0 unspecified atom stereocenters. The lowest BCUT2D eigenvalue weighted by Gasteiger charge is -2.08. The lowest BCUT2D eigenvalue weighted by Crippen LogP contribution is -2.23. The second kappa shape index (κ2) is 10.8. The summed E-state index contributed by atoms with van der Waals surface area (Å²) in [5, 5.41) is 2.82. The van der Waals surface area contributed by atoms with Crippen molar-refractivity contribution in [1.29, 1.82) is 0 Å². The average Bonchev–Trinajstić information content (AvgIpc) is 3.45. The van der Waals surface area contributed by atoms with E-state index in [2.05, 4.69) is 10.3 Å². The Morgan fingerprint density at radius 1 is 1.42 bits per heavy atom. The summed E-state index contributed by atoms with van der Waals surface area (Å²) in [6.07, 6.45) is 7.27. The number of ether oxygens (including phenoxy) is 2. The van der Waals surface area contributed by atoms with Crippen LogP contribution in [-0.4, -0.2) is 32.1 Å². The average molecular weight is 362 g/mol. The lowest BCUT2D eigenvalue weighted by atomic mass is 10.1. The van der Waals surface area contributed by atoms with Gasteiger partial charge in [-0.15, -0.1) is 0 Å². The minimum absolute atomic E-state index is 0.0953. The highest BCUT2D eigenvalue weighted by molar-refractivity contribution is 5.81. The van der Waals surface area contributed by atoms with Crippen molar-refractivity contribution in [1.82, 2.24) is 5.32 Å². The van der Waals surface area contributed by atoms with E-state index < -0.39 is 0 Å². The number of halogens is 1. The Bertz CT molecular complexity index is 654. The maximum absolute atomic E-state index is 13.9. The highest BCUT2D eigenvalue weighted by Crippen LogP contribution is 2.22. The van der Waals surface area contributed by atoms with Crippen molar-refractivity contribution in [2.45, 2.75) is 51.9 Å². The van der Waals surface area contributed by atoms with E-state index in [0.717, 1.165) is 30.4 Å². The van der Waals surface area contributed by atoms with Gasteiger partial charge in [0.05, 0.1) is 12.7 Å². The Hall–Kier alpha value is -2.05. The van der Waals surface area contributed by atoms with Crippen LogP contribution in [0.5, 0.6) is 0 Å². The van der Waals surface area contributed by atoms with Gasteiger partial charge in [-0.2, -0.15) is 0 Å². The van der Waals surface area contributed by atoms with Gasteiger partial charge >= 0.3 is 0 Å². The Morgan fingerprint density at radius 3 is 2.88 bits per heavy atom. The number of nitrogens with zero attached hydrogens (tertiary/aromatic N) is 1. The molecule has 1 saturated carbocycles. The summed E-state index contributed by atoms with van der Waals surface area (Å²) < 4.78 is 24.2. The molecule has 0 bridgehead atoms.